The Morgan fingerprint density at radius 3 is 2.21 bits per heavy atom. The highest BCUT2D eigenvalue weighted by Crippen LogP contribution is 2.39. The number of phenols is 1. The SMILES string of the molecule is O=Nc1cc(NC(Cc2ccccc2)C(=O)Nc2cc(F)cc(F)c2)c(O)c2ccccc12. The van der Waals surface area contributed by atoms with E-state index in [9.17, 15) is 23.6 Å². The first-order chi connectivity index (χ1) is 15.9. The van der Waals surface area contributed by atoms with Crippen LogP contribution in [0.5, 0.6) is 5.75 Å². The van der Waals surface area contributed by atoms with Crippen molar-refractivity contribution in [2.24, 2.45) is 5.18 Å². The number of halogens is 2. The molecule has 0 aliphatic carbocycles. The molecule has 6 nitrogen and oxygen atoms in total. The molecule has 1 amide bonds. The molecule has 0 aliphatic rings. The smallest absolute Gasteiger partial charge is 0.247 e. The summed E-state index contributed by atoms with van der Waals surface area (Å²) < 4.78 is 27.2. The number of hydrogen-bond acceptors (Lipinski definition) is 5. The van der Waals surface area contributed by atoms with Crippen LogP contribution in [0, 0.1) is 16.5 Å². The number of carbonyl (C=O) groups is 1. The third-order valence-corrected chi connectivity index (χ3v) is 5.15. The third kappa shape index (κ3) is 4.95. The molecule has 0 fully saturated rings. The summed E-state index contributed by atoms with van der Waals surface area (Å²) in [4.78, 5) is 24.5. The largest absolute Gasteiger partial charge is 0.505 e. The molecular formula is C25H19F2N3O3. The number of nitrogens with zero attached hydrogens (tertiary/aromatic N) is 1. The van der Waals surface area contributed by atoms with Crippen molar-refractivity contribution in [3.8, 4) is 5.75 Å². The molecule has 0 bridgehead atoms. The molecule has 3 N–H and O–H groups in total. The molecule has 0 spiro atoms. The van der Waals surface area contributed by atoms with Crippen molar-refractivity contribution >= 4 is 33.7 Å². The number of nitrogens with one attached hydrogen (secondary N) is 2. The number of phenolic OH excluding ortho intramolecular Hbond substituents is 1. The molecule has 4 aromatic carbocycles. The minimum atomic E-state index is -0.953. The fourth-order valence-electron chi connectivity index (χ4n) is 3.63. The second kappa shape index (κ2) is 9.44. The van der Waals surface area contributed by atoms with E-state index in [0.29, 0.717) is 16.8 Å². The van der Waals surface area contributed by atoms with Crippen LogP contribution < -0.4 is 10.6 Å². The molecule has 0 radical (unpaired) electrons. The number of benzene rings is 4. The summed E-state index contributed by atoms with van der Waals surface area (Å²) in [5, 5.41) is 20.2. The first kappa shape index (κ1) is 21.9. The Morgan fingerprint density at radius 2 is 1.55 bits per heavy atom. The number of aromatic hydroxyl groups is 1. The van der Waals surface area contributed by atoms with Crippen LogP contribution in [0.25, 0.3) is 10.8 Å². The van der Waals surface area contributed by atoms with Crippen LogP contribution in [0.1, 0.15) is 5.56 Å². The van der Waals surface area contributed by atoms with Crippen molar-refractivity contribution in [2.45, 2.75) is 12.5 Å². The van der Waals surface area contributed by atoms with Crippen molar-refractivity contribution in [1.82, 2.24) is 0 Å². The molecule has 4 aromatic rings. The molecule has 0 saturated heterocycles. The van der Waals surface area contributed by atoms with Gasteiger partial charge in [-0.2, -0.15) is 0 Å². The number of nitroso groups, excluding NO2 is 1. The lowest BCUT2D eigenvalue weighted by Gasteiger charge is -2.21. The van der Waals surface area contributed by atoms with Gasteiger partial charge in [0.2, 0.25) is 5.91 Å². The average Bonchev–Trinajstić information content (AvgIpc) is 2.80. The van der Waals surface area contributed by atoms with E-state index in [0.717, 1.165) is 17.7 Å². The topological polar surface area (TPSA) is 90.8 Å². The van der Waals surface area contributed by atoms with Gasteiger partial charge in [0.25, 0.3) is 0 Å². The van der Waals surface area contributed by atoms with Crippen LogP contribution in [-0.4, -0.2) is 17.1 Å². The highest BCUT2D eigenvalue weighted by atomic mass is 19.1. The van der Waals surface area contributed by atoms with Gasteiger partial charge in [0.05, 0.1) is 5.69 Å². The van der Waals surface area contributed by atoms with Crippen molar-refractivity contribution in [3.63, 3.8) is 0 Å². The highest BCUT2D eigenvalue weighted by Gasteiger charge is 2.22. The van der Waals surface area contributed by atoms with Gasteiger partial charge in [-0.25, -0.2) is 8.78 Å². The lowest BCUT2D eigenvalue weighted by atomic mass is 10.0. The zero-order valence-electron chi connectivity index (χ0n) is 17.3. The van der Waals surface area contributed by atoms with Gasteiger partial charge in [-0.1, -0.05) is 54.6 Å². The Kier molecular flexibility index (Phi) is 6.26. The summed E-state index contributed by atoms with van der Waals surface area (Å²) in [5.74, 6) is -2.39. The highest BCUT2D eigenvalue weighted by molar-refractivity contribution is 6.02. The maximum Gasteiger partial charge on any atom is 0.247 e. The minimum absolute atomic E-state index is 0.0460. The van der Waals surface area contributed by atoms with Crippen molar-refractivity contribution < 1.29 is 18.7 Å². The van der Waals surface area contributed by atoms with Crippen LogP contribution in [0.3, 0.4) is 0 Å². The Balaban J connectivity index is 1.70. The van der Waals surface area contributed by atoms with Crippen LogP contribution in [-0.2, 0) is 11.2 Å². The zero-order valence-corrected chi connectivity index (χ0v) is 17.3. The first-order valence-corrected chi connectivity index (χ1v) is 10.1. The van der Waals surface area contributed by atoms with Crippen molar-refractivity contribution in [3.05, 3.63) is 101 Å². The van der Waals surface area contributed by atoms with E-state index >= 15 is 0 Å². The van der Waals surface area contributed by atoms with E-state index < -0.39 is 23.6 Å². The monoisotopic (exact) mass is 447 g/mol. The van der Waals surface area contributed by atoms with Crippen molar-refractivity contribution in [2.75, 3.05) is 10.6 Å². The normalized spacial score (nSPS) is 11.7. The minimum Gasteiger partial charge on any atom is -0.505 e. The summed E-state index contributed by atoms with van der Waals surface area (Å²) in [7, 11) is 0. The van der Waals surface area contributed by atoms with Gasteiger partial charge in [0.15, 0.2) is 0 Å². The van der Waals surface area contributed by atoms with Crippen LogP contribution in [0.2, 0.25) is 0 Å². The Morgan fingerprint density at radius 1 is 0.909 bits per heavy atom. The number of amides is 1. The summed E-state index contributed by atoms with van der Waals surface area (Å²) in [6.07, 6.45) is 0.195. The number of rotatable bonds is 7. The van der Waals surface area contributed by atoms with Gasteiger partial charge in [-0.15, -0.1) is 4.91 Å². The third-order valence-electron chi connectivity index (χ3n) is 5.15. The molecule has 33 heavy (non-hydrogen) atoms. The van der Waals surface area contributed by atoms with Crippen molar-refractivity contribution in [1.29, 1.82) is 0 Å². The molecule has 1 atom stereocenters. The average molecular weight is 447 g/mol. The molecule has 166 valence electrons. The lowest BCUT2D eigenvalue weighted by molar-refractivity contribution is -0.116. The maximum atomic E-state index is 13.6. The Hall–Kier alpha value is -4.33. The number of hydrogen-bond donors (Lipinski definition) is 3. The van der Waals surface area contributed by atoms with Gasteiger partial charge < -0.3 is 15.7 Å². The Labute approximate surface area is 187 Å². The molecular weight excluding hydrogens is 428 g/mol. The van der Waals surface area contributed by atoms with Gasteiger partial charge >= 0.3 is 0 Å². The van der Waals surface area contributed by atoms with Crippen LogP contribution in [0.15, 0.2) is 84.0 Å². The van der Waals surface area contributed by atoms with E-state index in [1.54, 1.807) is 24.3 Å². The molecule has 1 unspecified atom stereocenters. The fourth-order valence-corrected chi connectivity index (χ4v) is 3.63. The summed E-state index contributed by atoms with van der Waals surface area (Å²) in [5.41, 5.74) is 0.988. The fraction of sp³-hybridized carbons (Fsp3) is 0.0800. The molecule has 4 rings (SSSR count). The predicted molar refractivity (Wildman–Crippen MR) is 124 cm³/mol. The van der Waals surface area contributed by atoms with E-state index in [-0.39, 0.29) is 29.2 Å². The van der Waals surface area contributed by atoms with Crippen LogP contribution in [0.4, 0.5) is 25.8 Å². The van der Waals surface area contributed by atoms with E-state index in [4.69, 9.17) is 0 Å². The second-order valence-corrected chi connectivity index (χ2v) is 7.46. The van der Waals surface area contributed by atoms with Gasteiger partial charge in [-0.3, -0.25) is 4.79 Å². The molecule has 0 aliphatic heterocycles. The predicted octanol–water partition coefficient (Wildman–Crippen LogP) is 5.88. The number of carbonyl (C=O) groups excluding carboxylic acids is 1. The lowest BCUT2D eigenvalue weighted by Crippen LogP contribution is -2.36. The maximum absolute atomic E-state index is 13.6. The van der Waals surface area contributed by atoms with Gasteiger partial charge in [0, 0.05) is 28.9 Å². The van der Waals surface area contributed by atoms with Gasteiger partial charge in [-0.05, 0) is 28.9 Å². The standard InChI is InChI=1S/C25H19F2N3O3/c26-16-11-17(27)13-18(12-16)28-25(32)23(10-15-6-2-1-3-7-15)29-22-14-21(30-33)19-8-4-5-9-20(19)24(22)31/h1-9,11-14,23,29,31H,10H2,(H,28,32). The summed E-state index contributed by atoms with van der Waals surface area (Å²) in [6.45, 7) is 0. The summed E-state index contributed by atoms with van der Waals surface area (Å²) >= 11 is 0. The van der Waals surface area contributed by atoms with Gasteiger partial charge in [0.1, 0.15) is 29.1 Å². The van der Waals surface area contributed by atoms with Crippen LogP contribution >= 0.6 is 0 Å². The quantitative estimate of drug-likeness (QED) is 0.244. The number of anilines is 2. The Bertz CT molecular complexity index is 1310. The van der Waals surface area contributed by atoms with E-state index in [1.165, 1.54) is 6.07 Å². The molecule has 8 heteroatoms. The van der Waals surface area contributed by atoms with E-state index in [2.05, 4.69) is 15.8 Å². The first-order valence-electron chi connectivity index (χ1n) is 10.1. The molecule has 0 aromatic heterocycles. The number of fused-ring (bicyclic) bond motifs is 1. The molecule has 0 saturated carbocycles. The second-order valence-electron chi connectivity index (χ2n) is 7.46. The zero-order chi connectivity index (χ0) is 23.4. The molecule has 0 heterocycles. The van der Waals surface area contributed by atoms with E-state index in [1.807, 2.05) is 30.3 Å². The summed E-state index contributed by atoms with van der Waals surface area (Å²) in [6, 6.07) is 18.9.